The topological polar surface area (TPSA) is 147 Å². The zero-order valence-corrected chi connectivity index (χ0v) is 33.6. The van der Waals surface area contributed by atoms with Crippen LogP contribution in [0, 0.1) is 13.8 Å². The largest absolute Gasteiger partial charge is 0.506 e. The zero-order chi connectivity index (χ0) is 40.9. The highest BCUT2D eigenvalue weighted by atomic mass is 35.5. The number of hydrogen-bond donors (Lipinski definition) is 4. The Labute approximate surface area is 349 Å². The van der Waals surface area contributed by atoms with E-state index in [4.69, 9.17) is 52.1 Å². The van der Waals surface area contributed by atoms with Crippen LogP contribution in [0.15, 0.2) is 140 Å². The molecule has 0 radical (unpaired) electrons. The lowest BCUT2D eigenvalue weighted by molar-refractivity contribution is 0.112. The van der Waals surface area contributed by atoms with Crippen LogP contribution in [-0.2, 0) is 0 Å². The Morgan fingerprint density at radius 3 is 1.77 bits per heavy atom. The van der Waals surface area contributed by atoms with E-state index in [1.54, 1.807) is 61.1 Å². The van der Waals surface area contributed by atoms with E-state index in [0.29, 0.717) is 53.9 Å². The molecule has 13 heteroatoms. The summed E-state index contributed by atoms with van der Waals surface area (Å²) < 4.78 is 0. The van der Waals surface area contributed by atoms with E-state index in [0.717, 1.165) is 33.7 Å². The number of pyridine rings is 4. The second-order valence-corrected chi connectivity index (χ2v) is 14.1. The Kier molecular flexibility index (Phi) is 15.0. The number of fused-ring (bicyclic) bond motifs is 2. The summed E-state index contributed by atoms with van der Waals surface area (Å²) in [6, 6.07) is 34.2. The number of carbonyl (C=O) groups excluding carboxylic acids is 1. The van der Waals surface area contributed by atoms with Crippen LogP contribution in [0.25, 0.3) is 21.8 Å². The highest BCUT2D eigenvalue weighted by Gasteiger charge is 2.21. The summed E-state index contributed by atoms with van der Waals surface area (Å²) in [5.41, 5.74) is 10.8. The van der Waals surface area contributed by atoms with Crippen molar-refractivity contribution in [1.29, 1.82) is 0 Å². The smallest absolute Gasteiger partial charge is 0.150 e. The summed E-state index contributed by atoms with van der Waals surface area (Å²) in [6.45, 7) is 3.80. The van der Waals surface area contributed by atoms with Crippen molar-refractivity contribution in [2.45, 2.75) is 19.9 Å². The molecule has 0 fully saturated rings. The third kappa shape index (κ3) is 11.8. The number of aromatic hydroxyl groups is 2. The highest BCUT2D eigenvalue weighted by molar-refractivity contribution is 6.31. The van der Waals surface area contributed by atoms with Crippen LogP contribution >= 0.6 is 46.4 Å². The van der Waals surface area contributed by atoms with E-state index >= 15 is 0 Å². The van der Waals surface area contributed by atoms with E-state index < -0.39 is 0 Å². The lowest BCUT2D eigenvalue weighted by atomic mass is 9.96. The molecule has 1 unspecified atom stereocenters. The second kappa shape index (κ2) is 20.3. The number of phenolic OH excluding ortho intramolecular Hbond substituents is 2. The standard InChI is InChI=1S/C22H17Cl2N3O.C9H7NO.C7H5ClO.C6H7ClN2/c1-13-11-17(24)12-26-22(13)27-19(15-4-7-16(23)8-5-15)18-9-6-14-3-2-10-25-20(14)21(18)28;11-8-5-1-3-7-4-2-6-10-9(7)8;8-7-3-1-6(5-9)2-4-7;1-4-2-5(7)3-9-6(4)8/h2-12,19,28H,1H3,(H,26,27);1-6,11H;1-5H;2-3H,1H3,(H2,8,9). The predicted molar refractivity (Wildman–Crippen MR) is 233 cm³/mol. The Balaban J connectivity index is 0.000000173. The minimum atomic E-state index is -0.351. The van der Waals surface area contributed by atoms with Gasteiger partial charge in [0.15, 0.2) is 0 Å². The molecule has 0 saturated heterocycles. The lowest BCUT2D eigenvalue weighted by Gasteiger charge is -2.23. The molecule has 0 aliphatic carbocycles. The number of nitrogens with two attached hydrogens (primary N) is 1. The second-order valence-electron chi connectivity index (χ2n) is 12.4. The quantitative estimate of drug-likeness (QED) is 0.124. The maximum absolute atomic E-state index is 11.0. The molecule has 0 bridgehead atoms. The summed E-state index contributed by atoms with van der Waals surface area (Å²) in [5, 5.41) is 28.0. The Morgan fingerprint density at radius 2 is 1.19 bits per heavy atom. The molecule has 57 heavy (non-hydrogen) atoms. The van der Waals surface area contributed by atoms with Crippen LogP contribution in [0.2, 0.25) is 20.1 Å². The molecule has 288 valence electrons. The number of halogens is 4. The molecule has 0 aliphatic rings. The monoisotopic (exact) mass is 836 g/mol. The Bertz CT molecular complexity index is 2590. The number of nitrogens with one attached hydrogen (secondary N) is 1. The normalized spacial score (nSPS) is 10.8. The van der Waals surface area contributed by atoms with Crippen molar-refractivity contribution in [3.8, 4) is 11.5 Å². The third-order valence-electron chi connectivity index (χ3n) is 8.32. The minimum absolute atomic E-state index is 0.136. The van der Waals surface area contributed by atoms with E-state index in [9.17, 15) is 15.0 Å². The molecule has 0 spiro atoms. The number of phenols is 2. The zero-order valence-electron chi connectivity index (χ0n) is 30.6. The first-order valence-corrected chi connectivity index (χ1v) is 18.8. The number of hydrogen-bond acceptors (Lipinski definition) is 9. The van der Waals surface area contributed by atoms with Gasteiger partial charge in [0.1, 0.15) is 40.5 Å². The van der Waals surface area contributed by atoms with Gasteiger partial charge in [0.2, 0.25) is 0 Å². The fourth-order valence-electron chi connectivity index (χ4n) is 5.38. The van der Waals surface area contributed by atoms with Crippen LogP contribution < -0.4 is 11.1 Å². The molecule has 0 saturated carbocycles. The number of anilines is 2. The van der Waals surface area contributed by atoms with Gasteiger partial charge >= 0.3 is 0 Å². The fraction of sp³-hybridized carbons (Fsp3) is 0.0682. The lowest BCUT2D eigenvalue weighted by Crippen LogP contribution is -2.14. The molecular formula is C44H36Cl4N6O3. The summed E-state index contributed by atoms with van der Waals surface area (Å²) >= 11 is 23.3. The summed E-state index contributed by atoms with van der Waals surface area (Å²) in [5.74, 6) is 1.60. The molecule has 0 aliphatic heterocycles. The van der Waals surface area contributed by atoms with Crippen molar-refractivity contribution in [2.24, 2.45) is 0 Å². The van der Waals surface area contributed by atoms with Gasteiger partial charge in [0, 0.05) is 56.7 Å². The van der Waals surface area contributed by atoms with Crippen LogP contribution in [0.1, 0.15) is 38.7 Å². The van der Waals surface area contributed by atoms with Crippen LogP contribution in [-0.4, -0.2) is 36.4 Å². The van der Waals surface area contributed by atoms with E-state index in [1.807, 2.05) is 86.6 Å². The highest BCUT2D eigenvalue weighted by Crippen LogP contribution is 2.37. The Hall–Kier alpha value is -5.97. The molecule has 0 amide bonds. The van der Waals surface area contributed by atoms with Crippen molar-refractivity contribution in [3.05, 3.63) is 188 Å². The van der Waals surface area contributed by atoms with E-state index in [-0.39, 0.29) is 17.5 Å². The SMILES string of the molecule is Cc1cc(Cl)cnc1N.Cc1cc(Cl)cnc1NC(c1ccc(Cl)cc1)c1ccc2cccnc2c1O.O=Cc1ccc(Cl)cc1.Oc1cccc2cccnc12. The van der Waals surface area contributed by atoms with Gasteiger partial charge in [-0.05, 0) is 85.1 Å². The predicted octanol–water partition coefficient (Wildman–Crippen LogP) is 11.9. The van der Waals surface area contributed by atoms with E-state index in [2.05, 4.69) is 25.3 Å². The first-order chi connectivity index (χ1) is 27.4. The first-order valence-electron chi connectivity index (χ1n) is 17.2. The number of nitrogen functional groups attached to an aromatic ring is 1. The maximum Gasteiger partial charge on any atom is 0.150 e. The summed E-state index contributed by atoms with van der Waals surface area (Å²) in [7, 11) is 0. The molecule has 9 nitrogen and oxygen atoms in total. The summed E-state index contributed by atoms with van der Waals surface area (Å²) in [6.07, 6.45) is 7.25. The van der Waals surface area contributed by atoms with Crippen LogP contribution in [0.5, 0.6) is 11.5 Å². The molecule has 5 N–H and O–H groups in total. The van der Waals surface area contributed by atoms with Crippen molar-refractivity contribution >= 4 is 86.1 Å². The van der Waals surface area contributed by atoms with Crippen LogP contribution in [0.4, 0.5) is 11.6 Å². The van der Waals surface area contributed by atoms with Gasteiger partial charge < -0.3 is 21.3 Å². The number of aldehydes is 1. The molecule has 8 rings (SSSR count). The van der Waals surface area contributed by atoms with Gasteiger partial charge in [0.05, 0.1) is 16.1 Å². The van der Waals surface area contributed by atoms with Crippen molar-refractivity contribution in [2.75, 3.05) is 11.1 Å². The maximum atomic E-state index is 11.0. The van der Waals surface area contributed by atoms with Crippen molar-refractivity contribution in [1.82, 2.24) is 19.9 Å². The molecule has 8 aromatic rings. The molecule has 4 aromatic carbocycles. The number of para-hydroxylation sites is 1. The summed E-state index contributed by atoms with van der Waals surface area (Å²) in [4.78, 5) is 26.7. The van der Waals surface area contributed by atoms with Gasteiger partial charge in [-0.2, -0.15) is 0 Å². The minimum Gasteiger partial charge on any atom is -0.506 e. The van der Waals surface area contributed by atoms with Gasteiger partial charge in [-0.3, -0.25) is 14.8 Å². The third-order valence-corrected chi connectivity index (χ3v) is 9.24. The van der Waals surface area contributed by atoms with Crippen molar-refractivity contribution in [3.63, 3.8) is 0 Å². The number of rotatable bonds is 5. The fourth-order valence-corrected chi connectivity index (χ4v) is 6.06. The van der Waals surface area contributed by atoms with Crippen LogP contribution in [0.3, 0.4) is 0 Å². The molecule has 4 heterocycles. The van der Waals surface area contributed by atoms with Gasteiger partial charge in [-0.1, -0.05) is 107 Å². The molecule has 1 atom stereocenters. The average molecular weight is 839 g/mol. The van der Waals surface area contributed by atoms with Gasteiger partial charge in [-0.25, -0.2) is 9.97 Å². The number of benzene rings is 4. The van der Waals surface area contributed by atoms with Gasteiger partial charge in [-0.15, -0.1) is 0 Å². The number of aryl methyl sites for hydroxylation is 2. The molecule has 4 aromatic heterocycles. The molecular weight excluding hydrogens is 802 g/mol. The number of nitrogens with zero attached hydrogens (tertiary/aromatic N) is 4. The van der Waals surface area contributed by atoms with Gasteiger partial charge in [0.25, 0.3) is 0 Å². The first kappa shape index (κ1) is 42.2. The average Bonchev–Trinajstić information content (AvgIpc) is 3.21. The van der Waals surface area contributed by atoms with Crippen molar-refractivity contribution < 1.29 is 15.0 Å². The van der Waals surface area contributed by atoms with E-state index in [1.165, 1.54) is 6.20 Å². The number of carbonyl (C=O) groups is 1. The number of aromatic nitrogens is 4. The Morgan fingerprint density at radius 1 is 0.632 bits per heavy atom.